The zero-order valence-corrected chi connectivity index (χ0v) is 14.3. The lowest BCUT2D eigenvalue weighted by molar-refractivity contribution is 0.516. The van der Waals surface area contributed by atoms with Gasteiger partial charge in [0, 0.05) is 0 Å². The van der Waals surface area contributed by atoms with Crippen molar-refractivity contribution < 1.29 is 0 Å². The first-order chi connectivity index (χ1) is 9.84. The molecular formula is C20H38. The summed E-state index contributed by atoms with van der Waals surface area (Å²) in [5.41, 5.74) is 1.73. The van der Waals surface area contributed by atoms with Crippen molar-refractivity contribution in [1.82, 2.24) is 0 Å². The van der Waals surface area contributed by atoms with Gasteiger partial charge in [0.2, 0.25) is 0 Å². The molecule has 0 aromatic carbocycles. The zero-order valence-electron chi connectivity index (χ0n) is 14.3. The highest BCUT2D eigenvalue weighted by atomic mass is 14.2. The lowest BCUT2D eigenvalue weighted by atomic mass is 9.99. The van der Waals surface area contributed by atoms with Gasteiger partial charge in [-0.15, -0.1) is 0 Å². The molecule has 0 aliphatic heterocycles. The van der Waals surface area contributed by atoms with Gasteiger partial charge in [0.25, 0.3) is 0 Å². The number of hydrogen-bond acceptors (Lipinski definition) is 0. The Hall–Kier alpha value is -0.260. The predicted octanol–water partition coefficient (Wildman–Crippen LogP) is 7.43. The molecule has 0 saturated heterocycles. The lowest BCUT2D eigenvalue weighted by Crippen LogP contribution is -1.91. The second-order valence-corrected chi connectivity index (χ2v) is 6.92. The first-order valence-electron chi connectivity index (χ1n) is 9.53. The maximum absolute atomic E-state index is 2.40. The van der Waals surface area contributed by atoms with E-state index in [1.54, 1.807) is 5.57 Å². The van der Waals surface area contributed by atoms with Crippen molar-refractivity contribution in [2.45, 2.75) is 110 Å². The quantitative estimate of drug-likeness (QED) is 0.216. The molecule has 0 amide bonds. The van der Waals surface area contributed by atoms with Gasteiger partial charge in [-0.05, 0) is 18.8 Å². The van der Waals surface area contributed by atoms with E-state index in [9.17, 15) is 0 Å². The Labute approximate surface area is 128 Å². The van der Waals surface area contributed by atoms with E-state index in [-0.39, 0.29) is 0 Å². The maximum Gasteiger partial charge on any atom is -0.0133 e. The Morgan fingerprint density at radius 2 is 1.15 bits per heavy atom. The number of unbranched alkanes of at least 4 members (excludes halogenated alkanes) is 12. The molecule has 0 bridgehead atoms. The van der Waals surface area contributed by atoms with Crippen molar-refractivity contribution in [3.63, 3.8) is 0 Å². The van der Waals surface area contributed by atoms with Crippen LogP contribution in [0.1, 0.15) is 110 Å². The molecule has 0 N–H and O–H groups in total. The molecule has 1 unspecified atom stereocenters. The van der Waals surface area contributed by atoms with Crippen LogP contribution in [0.3, 0.4) is 0 Å². The maximum atomic E-state index is 2.40. The number of rotatable bonds is 15. The van der Waals surface area contributed by atoms with Crippen molar-refractivity contribution in [2.75, 3.05) is 0 Å². The fourth-order valence-electron chi connectivity index (χ4n) is 3.11. The molecule has 0 fully saturated rings. The van der Waals surface area contributed by atoms with Crippen LogP contribution in [0.15, 0.2) is 11.6 Å². The molecular weight excluding hydrogens is 240 g/mol. The van der Waals surface area contributed by atoms with Crippen LogP contribution in [-0.2, 0) is 0 Å². The van der Waals surface area contributed by atoms with Crippen LogP contribution < -0.4 is 0 Å². The van der Waals surface area contributed by atoms with Gasteiger partial charge in [0.05, 0.1) is 0 Å². The van der Waals surface area contributed by atoms with E-state index in [4.69, 9.17) is 0 Å². The Kier molecular flexibility index (Phi) is 11.1. The van der Waals surface area contributed by atoms with E-state index >= 15 is 0 Å². The minimum atomic E-state index is 0.891. The average Bonchev–Trinajstić information content (AvgIpc) is 3.28. The Balaban J connectivity index is 1.67. The molecule has 20 heavy (non-hydrogen) atoms. The second kappa shape index (κ2) is 12.5. The molecule has 0 aromatic heterocycles. The highest BCUT2D eigenvalue weighted by Gasteiger charge is 2.14. The normalized spacial score (nSPS) is 15.2. The lowest BCUT2D eigenvalue weighted by Gasteiger charge is -2.07. The van der Waals surface area contributed by atoms with Gasteiger partial charge in [-0.2, -0.15) is 0 Å². The smallest absolute Gasteiger partial charge is 0.0133 e. The van der Waals surface area contributed by atoms with Gasteiger partial charge in [0.1, 0.15) is 0 Å². The third-order valence-corrected chi connectivity index (χ3v) is 4.81. The van der Waals surface area contributed by atoms with Gasteiger partial charge < -0.3 is 0 Å². The van der Waals surface area contributed by atoms with Crippen LogP contribution in [0.25, 0.3) is 0 Å². The van der Waals surface area contributed by atoms with Crippen molar-refractivity contribution in [3.8, 4) is 0 Å². The van der Waals surface area contributed by atoms with Gasteiger partial charge in [-0.25, -0.2) is 0 Å². The number of allylic oxidation sites excluding steroid dienone is 2. The van der Waals surface area contributed by atoms with Crippen LogP contribution in [0, 0.1) is 5.92 Å². The van der Waals surface area contributed by atoms with E-state index in [1.165, 1.54) is 96.3 Å². The van der Waals surface area contributed by atoms with Crippen molar-refractivity contribution in [2.24, 2.45) is 5.92 Å². The summed E-state index contributed by atoms with van der Waals surface area (Å²) in [6.45, 7) is 4.70. The summed E-state index contributed by atoms with van der Waals surface area (Å²) in [5.74, 6) is 0.891. The first-order valence-corrected chi connectivity index (χ1v) is 9.53. The van der Waals surface area contributed by atoms with E-state index < -0.39 is 0 Å². The summed E-state index contributed by atoms with van der Waals surface area (Å²) >= 11 is 0. The predicted molar refractivity (Wildman–Crippen MR) is 92.2 cm³/mol. The molecule has 0 nitrogen and oxygen atoms in total. The third-order valence-electron chi connectivity index (χ3n) is 4.81. The van der Waals surface area contributed by atoms with Crippen molar-refractivity contribution in [3.05, 3.63) is 11.6 Å². The molecule has 1 aliphatic carbocycles. The van der Waals surface area contributed by atoms with Crippen LogP contribution >= 0.6 is 0 Å². The summed E-state index contributed by atoms with van der Waals surface area (Å²) in [7, 11) is 0. The molecule has 0 heterocycles. The summed E-state index contributed by atoms with van der Waals surface area (Å²) in [6.07, 6.45) is 24.2. The minimum Gasteiger partial charge on any atom is -0.0807 e. The molecule has 0 aromatic rings. The van der Waals surface area contributed by atoms with Crippen molar-refractivity contribution >= 4 is 0 Å². The minimum absolute atomic E-state index is 0.891. The van der Waals surface area contributed by atoms with E-state index in [1.807, 2.05) is 0 Å². The third kappa shape index (κ3) is 10.5. The van der Waals surface area contributed by atoms with E-state index in [2.05, 4.69) is 19.9 Å². The van der Waals surface area contributed by atoms with Crippen LogP contribution in [-0.4, -0.2) is 0 Å². The molecule has 0 heteroatoms. The highest BCUT2D eigenvalue weighted by Crippen LogP contribution is 2.30. The number of hydrogen-bond donors (Lipinski definition) is 0. The van der Waals surface area contributed by atoms with Crippen LogP contribution in [0.2, 0.25) is 0 Å². The SMILES string of the molecule is CCCCCCCCCCCCCCCC(C)C1=CC1. The Morgan fingerprint density at radius 3 is 1.55 bits per heavy atom. The molecule has 0 saturated carbocycles. The fraction of sp³-hybridized carbons (Fsp3) is 0.900. The van der Waals surface area contributed by atoms with E-state index in [0.717, 1.165) is 5.92 Å². The molecule has 1 atom stereocenters. The summed E-state index contributed by atoms with van der Waals surface area (Å²) in [4.78, 5) is 0. The molecule has 118 valence electrons. The summed E-state index contributed by atoms with van der Waals surface area (Å²) in [5, 5.41) is 0. The molecule has 1 aliphatic rings. The molecule has 0 radical (unpaired) electrons. The highest BCUT2D eigenvalue weighted by molar-refractivity contribution is 5.23. The van der Waals surface area contributed by atoms with Gasteiger partial charge >= 0.3 is 0 Å². The van der Waals surface area contributed by atoms with Crippen molar-refractivity contribution in [1.29, 1.82) is 0 Å². The van der Waals surface area contributed by atoms with Gasteiger partial charge in [-0.1, -0.05) is 109 Å². The monoisotopic (exact) mass is 278 g/mol. The zero-order chi connectivity index (χ0) is 14.5. The average molecular weight is 279 g/mol. The largest absolute Gasteiger partial charge is 0.0807 e. The Bertz CT molecular complexity index is 238. The second-order valence-electron chi connectivity index (χ2n) is 6.92. The molecule has 1 rings (SSSR count). The molecule has 0 spiro atoms. The van der Waals surface area contributed by atoms with E-state index in [0.29, 0.717) is 0 Å². The summed E-state index contributed by atoms with van der Waals surface area (Å²) < 4.78 is 0. The fourth-order valence-corrected chi connectivity index (χ4v) is 3.11. The Morgan fingerprint density at radius 1 is 0.750 bits per heavy atom. The van der Waals surface area contributed by atoms with Crippen LogP contribution in [0.4, 0.5) is 0 Å². The van der Waals surface area contributed by atoms with Gasteiger partial charge in [-0.3, -0.25) is 0 Å². The van der Waals surface area contributed by atoms with Gasteiger partial charge in [0.15, 0.2) is 0 Å². The topological polar surface area (TPSA) is 0 Å². The van der Waals surface area contributed by atoms with Crippen LogP contribution in [0.5, 0.6) is 0 Å². The summed E-state index contributed by atoms with van der Waals surface area (Å²) in [6, 6.07) is 0. The standard InChI is InChI=1S/C20H38/c1-3-4-5-6-7-8-9-10-11-12-13-14-15-16-19(2)20-17-18-20/h17,19H,3-16,18H2,1-2H3. The first kappa shape index (κ1) is 17.8.